The largest absolute Gasteiger partial charge is 0.349 e. The van der Waals surface area contributed by atoms with Crippen LogP contribution in [0.25, 0.3) is 0 Å². The van der Waals surface area contributed by atoms with Crippen LogP contribution < -0.4 is 5.32 Å². The van der Waals surface area contributed by atoms with Gasteiger partial charge >= 0.3 is 0 Å². The van der Waals surface area contributed by atoms with Gasteiger partial charge in [-0.05, 0) is 37.3 Å². The maximum atomic E-state index is 12.7. The van der Waals surface area contributed by atoms with E-state index in [9.17, 15) is 13.2 Å². The maximum absolute atomic E-state index is 12.7. The summed E-state index contributed by atoms with van der Waals surface area (Å²) < 4.78 is 27.3. The van der Waals surface area contributed by atoms with Gasteiger partial charge < -0.3 is 5.32 Å². The van der Waals surface area contributed by atoms with E-state index in [0.717, 1.165) is 24.0 Å². The molecule has 0 aromatic heterocycles. The normalized spacial score (nSPS) is 20.4. The predicted molar refractivity (Wildman–Crippen MR) is 99.3 cm³/mol. The fourth-order valence-corrected chi connectivity index (χ4v) is 4.45. The molecule has 0 radical (unpaired) electrons. The molecule has 0 saturated carbocycles. The number of nitrogens with one attached hydrogen (secondary N) is 1. The average Bonchev–Trinajstić information content (AvgIpc) is 2.60. The van der Waals surface area contributed by atoms with Gasteiger partial charge in [0.15, 0.2) is 0 Å². The summed E-state index contributed by atoms with van der Waals surface area (Å²) in [6.45, 7) is 4.80. The lowest BCUT2D eigenvalue weighted by atomic mass is 9.95. The molecule has 1 aliphatic rings. The molecule has 25 heavy (non-hydrogen) atoms. The highest BCUT2D eigenvalue weighted by molar-refractivity contribution is 7.86. The molecule has 0 aliphatic carbocycles. The van der Waals surface area contributed by atoms with E-state index < -0.39 is 10.2 Å². The summed E-state index contributed by atoms with van der Waals surface area (Å²) in [6, 6.07) is 7.99. The van der Waals surface area contributed by atoms with E-state index in [0.29, 0.717) is 13.0 Å². The first kappa shape index (κ1) is 19.9. The molecule has 7 heteroatoms. The van der Waals surface area contributed by atoms with Gasteiger partial charge in [0, 0.05) is 27.2 Å². The van der Waals surface area contributed by atoms with Crippen LogP contribution in [0.3, 0.4) is 0 Å². The van der Waals surface area contributed by atoms with E-state index in [2.05, 4.69) is 5.32 Å². The Labute approximate surface area is 151 Å². The van der Waals surface area contributed by atoms with Crippen LogP contribution in [0.2, 0.25) is 0 Å². The molecular formula is C18H29N3O3S. The van der Waals surface area contributed by atoms with Crippen LogP contribution in [-0.4, -0.2) is 50.1 Å². The topological polar surface area (TPSA) is 69.7 Å². The van der Waals surface area contributed by atoms with Crippen molar-refractivity contribution >= 4 is 16.1 Å². The molecule has 1 N–H and O–H groups in total. The molecule has 6 nitrogen and oxygen atoms in total. The van der Waals surface area contributed by atoms with Gasteiger partial charge in [-0.3, -0.25) is 4.79 Å². The number of benzene rings is 1. The Kier molecular flexibility index (Phi) is 6.59. The second kappa shape index (κ2) is 8.29. The van der Waals surface area contributed by atoms with Crippen molar-refractivity contribution in [1.29, 1.82) is 0 Å². The lowest BCUT2D eigenvalue weighted by Gasteiger charge is -2.33. The van der Waals surface area contributed by atoms with Gasteiger partial charge in [0.2, 0.25) is 5.91 Å². The fraction of sp³-hybridized carbons (Fsp3) is 0.611. The highest BCUT2D eigenvalue weighted by Gasteiger charge is 2.34. The van der Waals surface area contributed by atoms with Gasteiger partial charge in [-0.15, -0.1) is 0 Å². The second-order valence-electron chi connectivity index (χ2n) is 6.81. The number of hydrogen-bond acceptors (Lipinski definition) is 3. The Morgan fingerprint density at radius 2 is 2.04 bits per heavy atom. The molecular weight excluding hydrogens is 338 g/mol. The molecule has 1 amide bonds. The number of hydrogen-bond donors (Lipinski definition) is 1. The third-order valence-corrected chi connectivity index (χ3v) is 6.74. The van der Waals surface area contributed by atoms with Gasteiger partial charge in [0.05, 0.1) is 12.0 Å². The number of nitrogens with zero attached hydrogens (tertiary/aromatic N) is 2. The highest BCUT2D eigenvalue weighted by Crippen LogP contribution is 2.24. The summed E-state index contributed by atoms with van der Waals surface area (Å²) in [6.07, 6.45) is 2.21. The molecule has 0 unspecified atom stereocenters. The van der Waals surface area contributed by atoms with Crippen molar-refractivity contribution in [3.63, 3.8) is 0 Å². The number of carbonyl (C=O) groups is 1. The Morgan fingerprint density at radius 1 is 1.36 bits per heavy atom. The Morgan fingerprint density at radius 3 is 2.64 bits per heavy atom. The van der Waals surface area contributed by atoms with Gasteiger partial charge in [-0.25, -0.2) is 0 Å². The molecule has 1 aliphatic heterocycles. The van der Waals surface area contributed by atoms with Crippen molar-refractivity contribution in [2.24, 2.45) is 5.92 Å². The van der Waals surface area contributed by atoms with Crippen molar-refractivity contribution in [2.75, 3.05) is 27.2 Å². The Balaban J connectivity index is 2.08. The van der Waals surface area contributed by atoms with Crippen LogP contribution in [0.4, 0.5) is 0 Å². The minimum absolute atomic E-state index is 0.0467. The second-order valence-corrected chi connectivity index (χ2v) is 8.96. The molecule has 1 aromatic rings. The maximum Gasteiger partial charge on any atom is 0.281 e. The van der Waals surface area contributed by atoms with Crippen LogP contribution in [0.1, 0.15) is 43.4 Å². The van der Waals surface area contributed by atoms with Crippen molar-refractivity contribution in [3.05, 3.63) is 35.4 Å². The monoisotopic (exact) mass is 367 g/mol. The van der Waals surface area contributed by atoms with E-state index >= 15 is 0 Å². The van der Waals surface area contributed by atoms with Gasteiger partial charge in [0.1, 0.15) is 0 Å². The lowest BCUT2D eigenvalue weighted by molar-refractivity contribution is -0.126. The molecule has 1 fully saturated rings. The molecule has 0 bridgehead atoms. The van der Waals surface area contributed by atoms with Gasteiger partial charge in [0.25, 0.3) is 10.2 Å². The molecule has 2 rings (SSSR count). The van der Waals surface area contributed by atoms with Crippen LogP contribution in [0, 0.1) is 12.8 Å². The summed E-state index contributed by atoms with van der Waals surface area (Å²) >= 11 is 0. The molecule has 0 spiro atoms. The van der Waals surface area contributed by atoms with Crippen LogP contribution in [0.5, 0.6) is 0 Å². The van der Waals surface area contributed by atoms with Crippen molar-refractivity contribution < 1.29 is 13.2 Å². The Hall–Kier alpha value is -1.44. The summed E-state index contributed by atoms with van der Waals surface area (Å²) in [5.41, 5.74) is 2.27. The summed E-state index contributed by atoms with van der Waals surface area (Å²) in [5.74, 6) is -0.365. The molecule has 1 saturated heterocycles. The van der Waals surface area contributed by atoms with Crippen molar-refractivity contribution in [1.82, 2.24) is 13.9 Å². The number of aryl methyl sites for hydroxylation is 1. The SMILES string of the molecule is CC[C@@H](NC(=O)[C@@H]1CCCN(S(=O)(=O)N(C)C)C1)c1ccccc1C. The van der Waals surface area contributed by atoms with E-state index in [1.165, 1.54) is 22.7 Å². The van der Waals surface area contributed by atoms with Crippen LogP contribution in [-0.2, 0) is 15.0 Å². The minimum atomic E-state index is -3.47. The third-order valence-electron chi connectivity index (χ3n) is 4.83. The van der Waals surface area contributed by atoms with Crippen molar-refractivity contribution in [2.45, 2.75) is 39.2 Å². The summed E-state index contributed by atoms with van der Waals surface area (Å²) in [5, 5.41) is 3.12. The highest BCUT2D eigenvalue weighted by atomic mass is 32.2. The van der Waals surface area contributed by atoms with Crippen molar-refractivity contribution in [3.8, 4) is 0 Å². The zero-order chi connectivity index (χ0) is 18.6. The Bertz CT molecular complexity index is 703. The zero-order valence-electron chi connectivity index (χ0n) is 15.5. The minimum Gasteiger partial charge on any atom is -0.349 e. The number of carbonyl (C=O) groups excluding carboxylic acids is 1. The van der Waals surface area contributed by atoms with Crippen LogP contribution >= 0.6 is 0 Å². The lowest BCUT2D eigenvalue weighted by Crippen LogP contribution is -2.49. The third kappa shape index (κ3) is 4.59. The van der Waals surface area contributed by atoms with E-state index in [1.54, 1.807) is 0 Å². The number of amides is 1. The quantitative estimate of drug-likeness (QED) is 0.837. The first-order valence-corrected chi connectivity index (χ1v) is 10.2. The first-order chi connectivity index (χ1) is 11.8. The molecule has 1 aromatic carbocycles. The smallest absolute Gasteiger partial charge is 0.281 e. The molecule has 2 atom stereocenters. The molecule has 1 heterocycles. The zero-order valence-corrected chi connectivity index (χ0v) is 16.3. The molecule has 140 valence electrons. The number of piperidine rings is 1. The summed E-state index contributed by atoms with van der Waals surface area (Å²) in [4.78, 5) is 12.7. The van der Waals surface area contributed by atoms with E-state index in [4.69, 9.17) is 0 Å². The fourth-order valence-electron chi connectivity index (χ4n) is 3.26. The van der Waals surface area contributed by atoms with E-state index in [-0.39, 0.29) is 24.4 Å². The average molecular weight is 368 g/mol. The van der Waals surface area contributed by atoms with Gasteiger partial charge in [-0.2, -0.15) is 17.0 Å². The summed E-state index contributed by atoms with van der Waals surface area (Å²) in [7, 11) is -0.436. The van der Waals surface area contributed by atoms with Crippen LogP contribution in [0.15, 0.2) is 24.3 Å². The van der Waals surface area contributed by atoms with E-state index in [1.807, 2.05) is 38.1 Å². The number of rotatable bonds is 6. The van der Waals surface area contributed by atoms with Gasteiger partial charge in [-0.1, -0.05) is 31.2 Å². The first-order valence-electron chi connectivity index (χ1n) is 8.80. The standard InChI is InChI=1S/C18H29N3O3S/c1-5-17(16-11-7-6-9-14(16)2)19-18(22)15-10-8-12-21(13-15)25(23,24)20(3)4/h6-7,9,11,15,17H,5,8,10,12-13H2,1-4H3,(H,19,22)/t15-,17-/m1/s1. The predicted octanol–water partition coefficient (Wildman–Crippen LogP) is 2.08.